The number of pyridine rings is 1. The lowest BCUT2D eigenvalue weighted by Crippen LogP contribution is -2.29. The number of halogens is 2. The van der Waals surface area contributed by atoms with Gasteiger partial charge < -0.3 is 15.0 Å². The summed E-state index contributed by atoms with van der Waals surface area (Å²) in [6, 6.07) is 5.62. The van der Waals surface area contributed by atoms with Crippen LogP contribution in [0.5, 0.6) is 0 Å². The zero-order chi connectivity index (χ0) is 16.6. The number of carbonyl (C=O) groups is 1. The third kappa shape index (κ3) is 3.01. The number of aromatic nitrogens is 1. The van der Waals surface area contributed by atoms with E-state index in [9.17, 15) is 19.1 Å². The number of aromatic carboxylic acids is 1. The second kappa shape index (κ2) is 6.16. The number of nitrogens with zero attached hydrogens (tertiary/aromatic N) is 1. The van der Waals surface area contributed by atoms with Gasteiger partial charge in [0.05, 0.1) is 11.4 Å². The van der Waals surface area contributed by atoms with Gasteiger partial charge in [0.2, 0.25) is 0 Å². The van der Waals surface area contributed by atoms with Crippen LogP contribution in [-0.2, 0) is 13.0 Å². The highest BCUT2D eigenvalue weighted by molar-refractivity contribution is 9.10. The molecule has 0 fully saturated rings. The van der Waals surface area contributed by atoms with E-state index in [1.165, 1.54) is 22.8 Å². The largest absolute Gasteiger partial charge is 0.478 e. The van der Waals surface area contributed by atoms with Crippen molar-refractivity contribution in [2.45, 2.75) is 25.8 Å². The maximum Gasteiger partial charge on any atom is 0.339 e. The molecule has 0 atom stereocenters. The minimum absolute atomic E-state index is 0.0339. The van der Waals surface area contributed by atoms with Crippen molar-refractivity contribution < 1.29 is 14.3 Å². The predicted octanol–water partition coefficient (Wildman–Crippen LogP) is 3.53. The van der Waals surface area contributed by atoms with Crippen LogP contribution in [0.3, 0.4) is 0 Å². The predicted molar refractivity (Wildman–Crippen MR) is 88.0 cm³/mol. The van der Waals surface area contributed by atoms with Gasteiger partial charge in [-0.1, -0.05) is 15.9 Å². The van der Waals surface area contributed by atoms with E-state index in [1.54, 1.807) is 6.07 Å². The van der Waals surface area contributed by atoms with Crippen LogP contribution in [-0.4, -0.2) is 15.6 Å². The van der Waals surface area contributed by atoms with Crippen molar-refractivity contribution in [3.8, 4) is 0 Å². The van der Waals surface area contributed by atoms with E-state index in [0.717, 1.165) is 12.8 Å². The zero-order valence-electron chi connectivity index (χ0n) is 12.1. The van der Waals surface area contributed by atoms with E-state index in [1.807, 2.05) is 0 Å². The van der Waals surface area contributed by atoms with Gasteiger partial charge in [-0.15, -0.1) is 0 Å². The molecule has 0 saturated heterocycles. The van der Waals surface area contributed by atoms with Crippen molar-refractivity contribution in [2.75, 3.05) is 5.32 Å². The van der Waals surface area contributed by atoms with Gasteiger partial charge in [0, 0.05) is 22.8 Å². The van der Waals surface area contributed by atoms with E-state index >= 15 is 0 Å². The van der Waals surface area contributed by atoms with E-state index in [4.69, 9.17) is 0 Å². The Hall–Kier alpha value is -2.15. The number of benzene rings is 1. The minimum atomic E-state index is -1.13. The molecule has 0 aliphatic carbocycles. The zero-order valence-corrected chi connectivity index (χ0v) is 13.7. The number of hydrogen-bond acceptors (Lipinski definition) is 3. The van der Waals surface area contributed by atoms with Crippen LogP contribution in [0.25, 0.3) is 0 Å². The third-order valence-corrected chi connectivity index (χ3v) is 4.37. The third-order valence-electron chi connectivity index (χ3n) is 3.88. The summed E-state index contributed by atoms with van der Waals surface area (Å²) in [5.41, 5.74) is 0.500. The van der Waals surface area contributed by atoms with Gasteiger partial charge in [0.1, 0.15) is 11.4 Å². The monoisotopic (exact) mass is 380 g/mol. The first-order valence-electron chi connectivity index (χ1n) is 7.19. The van der Waals surface area contributed by atoms with Crippen LogP contribution in [0.2, 0.25) is 0 Å². The lowest BCUT2D eigenvalue weighted by Gasteiger charge is -2.22. The molecule has 1 aliphatic rings. The molecule has 0 saturated carbocycles. The van der Waals surface area contributed by atoms with E-state index in [2.05, 4.69) is 21.2 Å². The summed E-state index contributed by atoms with van der Waals surface area (Å²) in [5, 5.41) is 12.3. The van der Waals surface area contributed by atoms with Gasteiger partial charge in [0.15, 0.2) is 0 Å². The fourth-order valence-electron chi connectivity index (χ4n) is 2.84. The fourth-order valence-corrected chi connectivity index (χ4v) is 3.17. The average molecular weight is 381 g/mol. The fraction of sp³-hybridized carbons (Fsp3) is 0.250. The maximum atomic E-state index is 14.0. The summed E-state index contributed by atoms with van der Waals surface area (Å²) in [5.74, 6) is -1.66. The van der Waals surface area contributed by atoms with Crippen molar-refractivity contribution in [1.82, 2.24) is 4.57 Å². The molecule has 0 radical (unpaired) electrons. The molecule has 1 aromatic heterocycles. The number of fused-ring (bicyclic) bond motifs is 1. The highest BCUT2D eigenvalue weighted by Gasteiger charge is 2.23. The molecular weight excluding hydrogens is 367 g/mol. The van der Waals surface area contributed by atoms with Crippen LogP contribution in [0, 0.1) is 5.82 Å². The number of carboxylic acid groups (broad SMARTS) is 1. The van der Waals surface area contributed by atoms with Crippen LogP contribution < -0.4 is 10.9 Å². The van der Waals surface area contributed by atoms with Gasteiger partial charge in [-0.25, -0.2) is 9.18 Å². The Balaban J connectivity index is 2.13. The smallest absolute Gasteiger partial charge is 0.339 e. The number of nitrogens with one attached hydrogen (secondary N) is 1. The molecule has 2 aromatic rings. The molecule has 0 bridgehead atoms. The lowest BCUT2D eigenvalue weighted by molar-refractivity contribution is 0.0695. The standard InChI is InChI=1S/C16H14BrFN2O3/c17-9-4-5-11(10(18)7-9)19-12-8-14(21)20-6-2-1-3-13(20)15(12)16(22)23/h4-5,7-8,19H,1-3,6H2,(H,22,23). The Morgan fingerprint density at radius 1 is 1.26 bits per heavy atom. The molecule has 7 heteroatoms. The van der Waals surface area contributed by atoms with E-state index in [0.29, 0.717) is 23.1 Å². The van der Waals surface area contributed by atoms with Crippen molar-refractivity contribution >= 4 is 33.3 Å². The average Bonchev–Trinajstić information content (AvgIpc) is 2.50. The van der Waals surface area contributed by atoms with Crippen molar-refractivity contribution in [2.24, 2.45) is 0 Å². The molecule has 3 rings (SSSR count). The first kappa shape index (κ1) is 15.7. The Kier molecular flexibility index (Phi) is 4.21. The molecule has 120 valence electrons. The molecule has 5 nitrogen and oxygen atoms in total. The quantitative estimate of drug-likeness (QED) is 0.854. The molecule has 0 spiro atoms. The Morgan fingerprint density at radius 3 is 2.74 bits per heavy atom. The molecule has 2 heterocycles. The van der Waals surface area contributed by atoms with E-state index < -0.39 is 11.8 Å². The molecular formula is C16H14BrFN2O3. The Morgan fingerprint density at radius 2 is 2.04 bits per heavy atom. The van der Waals surface area contributed by atoms with Crippen LogP contribution in [0.15, 0.2) is 33.5 Å². The van der Waals surface area contributed by atoms with Gasteiger partial charge in [-0.3, -0.25) is 4.79 Å². The molecule has 23 heavy (non-hydrogen) atoms. The molecule has 0 amide bonds. The van der Waals surface area contributed by atoms with Crippen molar-refractivity contribution in [3.05, 3.63) is 56.2 Å². The van der Waals surface area contributed by atoms with Gasteiger partial charge in [-0.2, -0.15) is 0 Å². The highest BCUT2D eigenvalue weighted by atomic mass is 79.9. The van der Waals surface area contributed by atoms with Crippen molar-refractivity contribution in [3.63, 3.8) is 0 Å². The summed E-state index contributed by atoms with van der Waals surface area (Å²) >= 11 is 3.17. The first-order chi connectivity index (χ1) is 11.0. The lowest BCUT2D eigenvalue weighted by atomic mass is 10.0. The second-order valence-electron chi connectivity index (χ2n) is 5.38. The minimum Gasteiger partial charge on any atom is -0.478 e. The number of hydrogen-bond donors (Lipinski definition) is 2. The van der Waals surface area contributed by atoms with Gasteiger partial charge >= 0.3 is 5.97 Å². The molecule has 1 aliphatic heterocycles. The number of rotatable bonds is 3. The second-order valence-corrected chi connectivity index (χ2v) is 6.30. The maximum absolute atomic E-state index is 14.0. The highest BCUT2D eigenvalue weighted by Crippen LogP contribution is 2.28. The molecule has 2 N–H and O–H groups in total. The Labute approximate surface area is 139 Å². The summed E-state index contributed by atoms with van der Waals surface area (Å²) < 4.78 is 16.1. The molecule has 0 unspecified atom stereocenters. The van der Waals surface area contributed by atoms with E-state index in [-0.39, 0.29) is 22.5 Å². The van der Waals surface area contributed by atoms with Gasteiger partial charge in [-0.05, 0) is 37.5 Å². The normalized spacial score (nSPS) is 13.5. The Bertz CT molecular complexity index is 848. The number of anilines is 2. The van der Waals surface area contributed by atoms with Crippen LogP contribution in [0.1, 0.15) is 28.9 Å². The SMILES string of the molecule is O=C(O)c1c(Nc2ccc(Br)cc2F)cc(=O)n2c1CCCC2. The van der Waals surface area contributed by atoms with Gasteiger partial charge in [0.25, 0.3) is 5.56 Å². The van der Waals surface area contributed by atoms with Crippen LogP contribution in [0.4, 0.5) is 15.8 Å². The summed E-state index contributed by atoms with van der Waals surface area (Å²) in [4.78, 5) is 23.9. The van der Waals surface area contributed by atoms with Crippen LogP contribution >= 0.6 is 15.9 Å². The summed E-state index contributed by atoms with van der Waals surface area (Å²) in [6.07, 6.45) is 2.20. The molecule has 1 aromatic carbocycles. The topological polar surface area (TPSA) is 71.3 Å². The summed E-state index contributed by atoms with van der Waals surface area (Å²) in [7, 11) is 0. The van der Waals surface area contributed by atoms with Crippen molar-refractivity contribution in [1.29, 1.82) is 0 Å². The number of carboxylic acids is 1. The summed E-state index contributed by atoms with van der Waals surface area (Å²) in [6.45, 7) is 0.515. The first-order valence-corrected chi connectivity index (χ1v) is 7.99.